The fraction of sp³-hybridized carbons (Fsp3) is 0.308. The lowest BCUT2D eigenvalue weighted by Gasteiger charge is -2.12. The first-order valence-electron chi connectivity index (χ1n) is 6.12. The number of nitrogens with two attached hydrogens (primary N) is 1. The molecule has 0 aliphatic carbocycles. The average molecular weight is 276 g/mol. The Morgan fingerprint density at radius 3 is 2.84 bits per heavy atom. The van der Waals surface area contributed by atoms with E-state index in [9.17, 15) is 4.79 Å². The molecule has 0 aliphatic rings. The normalized spacial score (nSPS) is 12.1. The van der Waals surface area contributed by atoms with E-state index in [0.29, 0.717) is 17.8 Å². The number of hydrogen-bond donors (Lipinski definition) is 2. The highest BCUT2D eigenvalue weighted by atomic mass is 32.1. The summed E-state index contributed by atoms with van der Waals surface area (Å²) in [7, 11) is 0. The van der Waals surface area contributed by atoms with Crippen molar-refractivity contribution in [1.29, 1.82) is 0 Å². The molecule has 1 aromatic heterocycles. The van der Waals surface area contributed by atoms with Gasteiger partial charge in [0, 0.05) is 12.6 Å². The van der Waals surface area contributed by atoms with Crippen LogP contribution in [-0.4, -0.2) is 22.0 Å². The lowest BCUT2D eigenvalue weighted by atomic mass is 10.1. The van der Waals surface area contributed by atoms with Gasteiger partial charge in [0.1, 0.15) is 4.88 Å². The van der Waals surface area contributed by atoms with Gasteiger partial charge in [0.05, 0.1) is 5.69 Å². The van der Waals surface area contributed by atoms with Crippen LogP contribution in [-0.2, 0) is 6.42 Å². The molecule has 0 saturated heterocycles. The quantitative estimate of drug-likeness (QED) is 0.867. The number of amides is 1. The minimum Gasteiger partial charge on any atom is -0.349 e. The molecule has 2 rings (SSSR count). The van der Waals surface area contributed by atoms with Gasteiger partial charge in [-0.25, -0.2) is 0 Å². The van der Waals surface area contributed by atoms with Crippen LogP contribution in [0, 0.1) is 0 Å². The molecule has 5 nitrogen and oxygen atoms in total. The monoisotopic (exact) mass is 276 g/mol. The van der Waals surface area contributed by atoms with Crippen molar-refractivity contribution in [3.8, 4) is 0 Å². The Balaban J connectivity index is 1.94. The molecule has 1 amide bonds. The summed E-state index contributed by atoms with van der Waals surface area (Å²) >= 11 is 1.12. The van der Waals surface area contributed by atoms with Crippen molar-refractivity contribution in [2.45, 2.75) is 19.4 Å². The van der Waals surface area contributed by atoms with E-state index in [4.69, 9.17) is 5.73 Å². The van der Waals surface area contributed by atoms with E-state index in [-0.39, 0.29) is 11.9 Å². The van der Waals surface area contributed by atoms with E-state index in [1.165, 1.54) is 0 Å². The molecule has 1 aromatic carbocycles. The van der Waals surface area contributed by atoms with Crippen molar-refractivity contribution in [3.05, 3.63) is 46.5 Å². The zero-order valence-electron chi connectivity index (χ0n) is 10.7. The SMILES string of the molecule is CCc1nnsc1C(=O)NCC(N)c1ccccc1. The largest absolute Gasteiger partial charge is 0.349 e. The molecule has 0 fully saturated rings. The Morgan fingerprint density at radius 1 is 1.42 bits per heavy atom. The summed E-state index contributed by atoms with van der Waals surface area (Å²) in [5, 5.41) is 6.74. The van der Waals surface area contributed by atoms with Crippen LogP contribution in [0.15, 0.2) is 30.3 Å². The standard InChI is InChI=1S/C13H16N4OS/c1-2-11-12(19-17-16-11)13(18)15-8-10(14)9-6-4-3-5-7-9/h3-7,10H,2,8,14H2,1H3,(H,15,18). The fourth-order valence-corrected chi connectivity index (χ4v) is 2.38. The highest BCUT2D eigenvalue weighted by Crippen LogP contribution is 2.12. The van der Waals surface area contributed by atoms with Crippen LogP contribution in [0.4, 0.5) is 0 Å². The smallest absolute Gasteiger partial charge is 0.265 e. The van der Waals surface area contributed by atoms with Crippen LogP contribution in [0.25, 0.3) is 0 Å². The molecule has 100 valence electrons. The first kappa shape index (κ1) is 13.6. The van der Waals surface area contributed by atoms with Crippen LogP contribution in [0.5, 0.6) is 0 Å². The third kappa shape index (κ3) is 3.36. The maximum absolute atomic E-state index is 12.0. The first-order chi connectivity index (χ1) is 9.22. The summed E-state index contributed by atoms with van der Waals surface area (Å²) in [5.41, 5.74) is 7.76. The Bertz CT molecular complexity index is 541. The molecule has 0 saturated carbocycles. The molecule has 19 heavy (non-hydrogen) atoms. The number of aromatic nitrogens is 2. The molecule has 3 N–H and O–H groups in total. The van der Waals surface area contributed by atoms with Crippen LogP contribution in [0.2, 0.25) is 0 Å². The van der Waals surface area contributed by atoms with Gasteiger partial charge in [-0.15, -0.1) is 5.10 Å². The second-order valence-corrected chi connectivity index (χ2v) is 4.88. The van der Waals surface area contributed by atoms with Crippen molar-refractivity contribution in [3.63, 3.8) is 0 Å². The summed E-state index contributed by atoms with van der Waals surface area (Å²) < 4.78 is 3.80. The minimum atomic E-state index is -0.212. The second-order valence-electron chi connectivity index (χ2n) is 4.13. The molecular weight excluding hydrogens is 260 g/mol. The second kappa shape index (κ2) is 6.40. The van der Waals surface area contributed by atoms with Gasteiger partial charge >= 0.3 is 0 Å². The highest BCUT2D eigenvalue weighted by Gasteiger charge is 2.15. The average Bonchev–Trinajstić information content (AvgIpc) is 2.93. The zero-order chi connectivity index (χ0) is 13.7. The van der Waals surface area contributed by atoms with Gasteiger partial charge in [0.15, 0.2) is 0 Å². The number of aryl methyl sites for hydroxylation is 1. The van der Waals surface area contributed by atoms with Crippen molar-refractivity contribution < 1.29 is 4.79 Å². The maximum Gasteiger partial charge on any atom is 0.265 e. The number of hydrogen-bond acceptors (Lipinski definition) is 5. The lowest BCUT2D eigenvalue weighted by Crippen LogP contribution is -2.31. The van der Waals surface area contributed by atoms with Crippen molar-refractivity contribution in [2.75, 3.05) is 6.54 Å². The topological polar surface area (TPSA) is 80.9 Å². The maximum atomic E-state index is 12.0. The van der Waals surface area contributed by atoms with E-state index in [1.807, 2.05) is 37.3 Å². The van der Waals surface area contributed by atoms with Crippen LogP contribution in [0.3, 0.4) is 0 Å². The van der Waals surface area contributed by atoms with Gasteiger partial charge in [0.2, 0.25) is 0 Å². The predicted molar refractivity (Wildman–Crippen MR) is 75.0 cm³/mol. The van der Waals surface area contributed by atoms with E-state index in [2.05, 4.69) is 14.9 Å². The number of benzene rings is 1. The van der Waals surface area contributed by atoms with Gasteiger partial charge < -0.3 is 11.1 Å². The van der Waals surface area contributed by atoms with E-state index in [0.717, 1.165) is 22.8 Å². The molecule has 2 aromatic rings. The van der Waals surface area contributed by atoms with Crippen LogP contribution in [0.1, 0.15) is 33.9 Å². The summed E-state index contributed by atoms with van der Waals surface area (Å²) in [6, 6.07) is 9.48. The summed E-state index contributed by atoms with van der Waals surface area (Å²) in [6.07, 6.45) is 0.698. The van der Waals surface area contributed by atoms with Crippen molar-refractivity contribution in [1.82, 2.24) is 14.9 Å². The molecule has 1 atom stereocenters. The van der Waals surface area contributed by atoms with Crippen molar-refractivity contribution in [2.24, 2.45) is 5.73 Å². The third-order valence-corrected chi connectivity index (χ3v) is 3.57. The lowest BCUT2D eigenvalue weighted by molar-refractivity contribution is 0.0954. The third-order valence-electron chi connectivity index (χ3n) is 2.81. The number of nitrogens with one attached hydrogen (secondary N) is 1. The van der Waals surface area contributed by atoms with Gasteiger partial charge in [-0.1, -0.05) is 41.7 Å². The fourth-order valence-electron chi connectivity index (χ4n) is 1.71. The van der Waals surface area contributed by atoms with Crippen LogP contribution >= 0.6 is 11.5 Å². The number of nitrogens with zero attached hydrogens (tertiary/aromatic N) is 2. The molecule has 1 unspecified atom stereocenters. The molecule has 0 radical (unpaired) electrons. The summed E-state index contributed by atoms with van der Waals surface area (Å²) in [4.78, 5) is 12.6. The Hall–Kier alpha value is -1.79. The van der Waals surface area contributed by atoms with Gasteiger partial charge in [-0.2, -0.15) is 0 Å². The molecule has 6 heteroatoms. The van der Waals surface area contributed by atoms with E-state index >= 15 is 0 Å². The Morgan fingerprint density at radius 2 is 2.16 bits per heavy atom. The van der Waals surface area contributed by atoms with E-state index in [1.54, 1.807) is 0 Å². The highest BCUT2D eigenvalue weighted by molar-refractivity contribution is 7.08. The Kier molecular flexibility index (Phi) is 4.59. The zero-order valence-corrected chi connectivity index (χ0v) is 11.5. The Labute approximate surface area is 116 Å². The van der Waals surface area contributed by atoms with Gasteiger partial charge in [-0.05, 0) is 23.5 Å². The molecule has 0 spiro atoms. The van der Waals surface area contributed by atoms with Gasteiger partial charge in [0.25, 0.3) is 5.91 Å². The molecule has 0 aliphatic heterocycles. The molecule has 1 heterocycles. The number of rotatable bonds is 5. The summed E-state index contributed by atoms with van der Waals surface area (Å²) in [6.45, 7) is 2.34. The first-order valence-corrected chi connectivity index (χ1v) is 6.89. The van der Waals surface area contributed by atoms with Crippen LogP contribution < -0.4 is 11.1 Å². The molecule has 0 bridgehead atoms. The van der Waals surface area contributed by atoms with Gasteiger partial charge in [-0.3, -0.25) is 4.79 Å². The number of carbonyl (C=O) groups is 1. The van der Waals surface area contributed by atoms with E-state index < -0.39 is 0 Å². The predicted octanol–water partition coefficient (Wildman–Crippen LogP) is 1.53. The number of carbonyl (C=O) groups excluding carboxylic acids is 1. The molecular formula is C13H16N4OS. The van der Waals surface area contributed by atoms with Crippen molar-refractivity contribution >= 4 is 17.4 Å². The summed E-state index contributed by atoms with van der Waals surface area (Å²) in [5.74, 6) is -0.154. The minimum absolute atomic E-state index is 0.154.